The lowest BCUT2D eigenvalue weighted by atomic mass is 10.2. The van der Waals surface area contributed by atoms with E-state index in [1.165, 1.54) is 0 Å². The highest BCUT2D eigenvalue weighted by Crippen LogP contribution is 2.10. The summed E-state index contributed by atoms with van der Waals surface area (Å²) in [5, 5.41) is 7.18. The standard InChI is InChI=1S/C12H21N3O3/c1-8(2)12-14-11(18-15-12)7-16-6-10-5-13-4-9(3)17-10/h8-10,13H,4-7H2,1-3H3. The molecule has 0 spiro atoms. The van der Waals surface area contributed by atoms with Gasteiger partial charge in [-0.2, -0.15) is 4.98 Å². The molecule has 0 amide bonds. The van der Waals surface area contributed by atoms with Gasteiger partial charge >= 0.3 is 0 Å². The van der Waals surface area contributed by atoms with E-state index in [1.54, 1.807) is 0 Å². The molecule has 1 aromatic heterocycles. The zero-order valence-electron chi connectivity index (χ0n) is 11.2. The highest BCUT2D eigenvalue weighted by Gasteiger charge is 2.19. The van der Waals surface area contributed by atoms with E-state index in [4.69, 9.17) is 14.0 Å². The summed E-state index contributed by atoms with van der Waals surface area (Å²) >= 11 is 0. The molecule has 1 N–H and O–H groups in total. The molecule has 2 atom stereocenters. The Labute approximate surface area is 107 Å². The lowest BCUT2D eigenvalue weighted by molar-refractivity contribution is -0.0741. The van der Waals surface area contributed by atoms with Crippen molar-refractivity contribution in [2.75, 3.05) is 19.7 Å². The van der Waals surface area contributed by atoms with Gasteiger partial charge in [0, 0.05) is 19.0 Å². The Morgan fingerprint density at radius 2 is 2.28 bits per heavy atom. The summed E-state index contributed by atoms with van der Waals surface area (Å²) in [6.07, 6.45) is 0.338. The van der Waals surface area contributed by atoms with E-state index in [2.05, 4.69) is 15.5 Å². The van der Waals surface area contributed by atoms with Crippen LogP contribution < -0.4 is 5.32 Å². The highest BCUT2D eigenvalue weighted by atomic mass is 16.5. The van der Waals surface area contributed by atoms with Gasteiger partial charge in [-0.3, -0.25) is 0 Å². The summed E-state index contributed by atoms with van der Waals surface area (Å²) < 4.78 is 16.3. The van der Waals surface area contributed by atoms with Gasteiger partial charge in [0.1, 0.15) is 6.61 Å². The van der Waals surface area contributed by atoms with Crippen LogP contribution in [0.15, 0.2) is 4.52 Å². The first-order chi connectivity index (χ1) is 8.65. The Hall–Kier alpha value is -0.980. The van der Waals surface area contributed by atoms with Gasteiger partial charge in [-0.05, 0) is 6.92 Å². The largest absolute Gasteiger partial charge is 0.370 e. The summed E-state index contributed by atoms with van der Waals surface area (Å²) in [5.74, 6) is 1.52. The maximum absolute atomic E-state index is 5.71. The molecular formula is C12H21N3O3. The molecule has 0 radical (unpaired) electrons. The van der Waals surface area contributed by atoms with Crippen molar-refractivity contribution >= 4 is 0 Å². The Bertz CT molecular complexity index is 367. The van der Waals surface area contributed by atoms with E-state index < -0.39 is 0 Å². The number of nitrogens with one attached hydrogen (secondary N) is 1. The molecule has 0 saturated carbocycles. The van der Waals surface area contributed by atoms with Crippen LogP contribution in [0.5, 0.6) is 0 Å². The van der Waals surface area contributed by atoms with Crippen LogP contribution in [-0.2, 0) is 16.1 Å². The van der Waals surface area contributed by atoms with Gasteiger partial charge in [0.15, 0.2) is 5.82 Å². The molecule has 1 aromatic rings. The Kier molecular flexibility index (Phi) is 4.68. The van der Waals surface area contributed by atoms with Crippen LogP contribution in [0.2, 0.25) is 0 Å². The molecule has 2 rings (SSSR count). The smallest absolute Gasteiger partial charge is 0.252 e. The summed E-state index contributed by atoms with van der Waals surface area (Å²) in [7, 11) is 0. The van der Waals surface area contributed by atoms with Gasteiger partial charge in [-0.25, -0.2) is 0 Å². The van der Waals surface area contributed by atoms with Gasteiger partial charge in [0.25, 0.3) is 5.89 Å². The number of ether oxygens (including phenoxy) is 2. The Morgan fingerprint density at radius 3 is 2.94 bits per heavy atom. The minimum atomic E-state index is 0.0984. The third-order valence-electron chi connectivity index (χ3n) is 2.76. The third kappa shape index (κ3) is 3.76. The summed E-state index contributed by atoms with van der Waals surface area (Å²) in [4.78, 5) is 4.25. The second kappa shape index (κ2) is 6.26. The fourth-order valence-corrected chi connectivity index (χ4v) is 1.81. The molecule has 6 nitrogen and oxygen atoms in total. The van der Waals surface area contributed by atoms with Gasteiger partial charge in [0.2, 0.25) is 0 Å². The Balaban J connectivity index is 1.71. The number of nitrogens with zero attached hydrogens (tertiary/aromatic N) is 2. The highest BCUT2D eigenvalue weighted by molar-refractivity contribution is 4.90. The molecule has 1 aliphatic heterocycles. The maximum Gasteiger partial charge on any atom is 0.252 e. The second-order valence-corrected chi connectivity index (χ2v) is 4.94. The van der Waals surface area contributed by atoms with E-state index in [-0.39, 0.29) is 18.1 Å². The van der Waals surface area contributed by atoms with Gasteiger partial charge in [-0.15, -0.1) is 0 Å². The molecule has 0 aromatic carbocycles. The predicted molar refractivity (Wildman–Crippen MR) is 65.2 cm³/mol. The minimum absolute atomic E-state index is 0.0984. The van der Waals surface area contributed by atoms with Gasteiger partial charge < -0.3 is 19.3 Å². The first-order valence-corrected chi connectivity index (χ1v) is 6.41. The van der Waals surface area contributed by atoms with Crippen LogP contribution in [0, 0.1) is 0 Å². The fourth-order valence-electron chi connectivity index (χ4n) is 1.81. The summed E-state index contributed by atoms with van der Waals surface area (Å²) in [6, 6.07) is 0. The summed E-state index contributed by atoms with van der Waals surface area (Å²) in [5.41, 5.74) is 0. The average molecular weight is 255 g/mol. The first-order valence-electron chi connectivity index (χ1n) is 6.41. The van der Waals surface area contributed by atoms with E-state index in [0.717, 1.165) is 18.9 Å². The number of hydrogen-bond acceptors (Lipinski definition) is 6. The first kappa shape index (κ1) is 13.5. The van der Waals surface area contributed by atoms with Crippen molar-refractivity contribution in [1.29, 1.82) is 0 Å². The molecular weight excluding hydrogens is 234 g/mol. The quantitative estimate of drug-likeness (QED) is 0.849. The Morgan fingerprint density at radius 1 is 1.44 bits per heavy atom. The maximum atomic E-state index is 5.71. The molecule has 102 valence electrons. The van der Waals surface area contributed by atoms with E-state index in [0.29, 0.717) is 19.1 Å². The van der Waals surface area contributed by atoms with Gasteiger partial charge in [-0.1, -0.05) is 19.0 Å². The molecule has 2 unspecified atom stereocenters. The van der Waals surface area contributed by atoms with Crippen molar-refractivity contribution in [3.8, 4) is 0 Å². The van der Waals surface area contributed by atoms with Crippen LogP contribution in [-0.4, -0.2) is 42.0 Å². The van der Waals surface area contributed by atoms with Crippen LogP contribution >= 0.6 is 0 Å². The lowest BCUT2D eigenvalue weighted by Gasteiger charge is -2.28. The zero-order valence-corrected chi connectivity index (χ0v) is 11.2. The molecule has 1 fully saturated rings. The van der Waals surface area contributed by atoms with Crippen molar-refractivity contribution in [3.05, 3.63) is 11.7 Å². The van der Waals surface area contributed by atoms with Crippen LogP contribution in [0.3, 0.4) is 0 Å². The molecule has 1 saturated heterocycles. The van der Waals surface area contributed by atoms with E-state index >= 15 is 0 Å². The van der Waals surface area contributed by atoms with E-state index in [1.807, 2.05) is 20.8 Å². The zero-order chi connectivity index (χ0) is 13.0. The SMILES string of the molecule is CC1CNCC(COCc2nc(C(C)C)no2)O1. The van der Waals surface area contributed by atoms with E-state index in [9.17, 15) is 0 Å². The molecule has 1 aliphatic rings. The molecule has 0 aliphatic carbocycles. The van der Waals surface area contributed by atoms with Crippen molar-refractivity contribution < 1.29 is 14.0 Å². The summed E-state index contributed by atoms with van der Waals surface area (Å²) in [6.45, 7) is 8.71. The minimum Gasteiger partial charge on any atom is -0.370 e. The topological polar surface area (TPSA) is 69.4 Å². The number of morpholine rings is 1. The van der Waals surface area contributed by atoms with Crippen molar-refractivity contribution in [3.63, 3.8) is 0 Å². The monoisotopic (exact) mass is 255 g/mol. The second-order valence-electron chi connectivity index (χ2n) is 4.94. The van der Waals surface area contributed by atoms with Crippen LogP contribution in [0.1, 0.15) is 38.4 Å². The number of hydrogen-bond donors (Lipinski definition) is 1. The van der Waals surface area contributed by atoms with Gasteiger partial charge in [0.05, 0.1) is 18.8 Å². The molecule has 2 heterocycles. The van der Waals surface area contributed by atoms with Crippen molar-refractivity contribution in [1.82, 2.24) is 15.5 Å². The van der Waals surface area contributed by atoms with Crippen LogP contribution in [0.25, 0.3) is 0 Å². The number of rotatable bonds is 5. The molecule has 18 heavy (non-hydrogen) atoms. The lowest BCUT2D eigenvalue weighted by Crippen LogP contribution is -2.45. The average Bonchev–Trinajstić information content (AvgIpc) is 2.78. The number of aromatic nitrogens is 2. The molecule has 6 heteroatoms. The van der Waals surface area contributed by atoms with Crippen LogP contribution in [0.4, 0.5) is 0 Å². The normalized spacial score (nSPS) is 24.7. The fraction of sp³-hybridized carbons (Fsp3) is 0.833. The third-order valence-corrected chi connectivity index (χ3v) is 2.76. The van der Waals surface area contributed by atoms with Crippen molar-refractivity contribution in [2.45, 2.75) is 45.5 Å². The molecule has 0 bridgehead atoms. The predicted octanol–water partition coefficient (Wildman–Crippen LogP) is 1.09. The van der Waals surface area contributed by atoms with Crippen molar-refractivity contribution in [2.24, 2.45) is 0 Å².